The fourth-order valence-electron chi connectivity index (χ4n) is 2.65. The van der Waals surface area contributed by atoms with Crippen molar-refractivity contribution in [1.82, 2.24) is 9.55 Å². The summed E-state index contributed by atoms with van der Waals surface area (Å²) in [6.07, 6.45) is 0.902. The first-order valence-corrected chi connectivity index (χ1v) is 9.75. The van der Waals surface area contributed by atoms with Crippen LogP contribution in [0, 0.1) is 6.92 Å². The minimum atomic E-state index is 0.0369. The molecule has 124 valence electrons. The highest BCUT2D eigenvalue weighted by Crippen LogP contribution is 2.24. The molecule has 0 radical (unpaired) electrons. The van der Waals surface area contributed by atoms with E-state index < -0.39 is 0 Å². The van der Waals surface area contributed by atoms with Crippen LogP contribution < -0.4 is 5.56 Å². The van der Waals surface area contributed by atoms with Gasteiger partial charge in [0.2, 0.25) is 0 Å². The molecule has 3 aromatic rings. The summed E-state index contributed by atoms with van der Waals surface area (Å²) in [7, 11) is 0. The molecular formula is C19H19BrN2OS. The van der Waals surface area contributed by atoms with Gasteiger partial charge in [0.15, 0.2) is 5.16 Å². The van der Waals surface area contributed by atoms with Crippen LogP contribution in [0.5, 0.6) is 0 Å². The summed E-state index contributed by atoms with van der Waals surface area (Å²) in [6.45, 7) is 4.85. The molecule has 0 unspecified atom stereocenters. The summed E-state index contributed by atoms with van der Waals surface area (Å²) in [6, 6.07) is 14.1. The highest BCUT2D eigenvalue weighted by Gasteiger charge is 2.11. The zero-order valence-corrected chi connectivity index (χ0v) is 16.2. The van der Waals surface area contributed by atoms with Crippen molar-refractivity contribution in [3.8, 4) is 0 Å². The van der Waals surface area contributed by atoms with E-state index in [-0.39, 0.29) is 5.56 Å². The van der Waals surface area contributed by atoms with Gasteiger partial charge < -0.3 is 0 Å². The number of halogens is 1. The third-order valence-electron chi connectivity index (χ3n) is 3.78. The standard InChI is InChI=1S/C19H19BrN2OS/c1-3-9-22-18(23)16-11-15(20)7-8-17(16)21-19(22)24-12-14-6-4-5-13(2)10-14/h4-8,10-11H,3,9,12H2,1-2H3. The lowest BCUT2D eigenvalue weighted by atomic mass is 10.2. The molecule has 0 amide bonds. The molecule has 0 bridgehead atoms. The van der Waals surface area contributed by atoms with Gasteiger partial charge in [0.1, 0.15) is 0 Å². The summed E-state index contributed by atoms with van der Waals surface area (Å²) < 4.78 is 2.70. The van der Waals surface area contributed by atoms with Crippen LogP contribution in [-0.2, 0) is 12.3 Å². The Morgan fingerprint density at radius 1 is 1.21 bits per heavy atom. The Labute approximate surface area is 154 Å². The maximum absolute atomic E-state index is 12.8. The Kier molecular flexibility index (Phi) is 5.41. The summed E-state index contributed by atoms with van der Waals surface area (Å²) in [5.41, 5.74) is 3.28. The lowest BCUT2D eigenvalue weighted by Gasteiger charge is -2.12. The molecule has 1 heterocycles. The molecule has 1 aromatic heterocycles. The number of hydrogen-bond acceptors (Lipinski definition) is 3. The van der Waals surface area contributed by atoms with E-state index in [1.807, 2.05) is 18.2 Å². The number of aryl methyl sites for hydroxylation is 1. The summed E-state index contributed by atoms with van der Waals surface area (Å²) in [4.78, 5) is 17.6. The molecular weight excluding hydrogens is 384 g/mol. The molecule has 0 spiro atoms. The van der Waals surface area contributed by atoms with Gasteiger partial charge in [-0.25, -0.2) is 4.98 Å². The molecule has 0 saturated carbocycles. The summed E-state index contributed by atoms with van der Waals surface area (Å²) in [5.74, 6) is 0.805. The fraction of sp³-hybridized carbons (Fsp3) is 0.263. The number of aromatic nitrogens is 2. The Hall–Kier alpha value is -1.59. The van der Waals surface area contributed by atoms with Gasteiger partial charge >= 0.3 is 0 Å². The van der Waals surface area contributed by atoms with Gasteiger partial charge in [0, 0.05) is 16.8 Å². The molecule has 0 fully saturated rings. The first-order valence-electron chi connectivity index (χ1n) is 7.97. The van der Waals surface area contributed by atoms with Crippen LogP contribution in [0.1, 0.15) is 24.5 Å². The second kappa shape index (κ2) is 7.53. The molecule has 0 atom stereocenters. The van der Waals surface area contributed by atoms with Gasteiger partial charge in [-0.05, 0) is 37.1 Å². The lowest BCUT2D eigenvalue weighted by molar-refractivity contribution is 0.584. The van der Waals surface area contributed by atoms with Crippen LogP contribution in [0.15, 0.2) is 56.9 Å². The van der Waals surface area contributed by atoms with Crippen molar-refractivity contribution in [1.29, 1.82) is 0 Å². The van der Waals surface area contributed by atoms with E-state index in [4.69, 9.17) is 4.98 Å². The molecule has 24 heavy (non-hydrogen) atoms. The van der Waals surface area contributed by atoms with E-state index in [1.54, 1.807) is 16.3 Å². The van der Waals surface area contributed by atoms with Gasteiger partial charge in [0.05, 0.1) is 10.9 Å². The van der Waals surface area contributed by atoms with Crippen LogP contribution in [0.4, 0.5) is 0 Å². The first kappa shape index (κ1) is 17.2. The van der Waals surface area contributed by atoms with E-state index >= 15 is 0 Å². The van der Waals surface area contributed by atoms with Gasteiger partial charge in [-0.3, -0.25) is 9.36 Å². The minimum absolute atomic E-state index is 0.0369. The van der Waals surface area contributed by atoms with E-state index in [1.165, 1.54) is 11.1 Å². The third-order valence-corrected chi connectivity index (χ3v) is 5.32. The molecule has 0 N–H and O–H groups in total. The van der Waals surface area contributed by atoms with Gasteiger partial charge in [-0.2, -0.15) is 0 Å². The average Bonchev–Trinajstić information content (AvgIpc) is 2.57. The van der Waals surface area contributed by atoms with Crippen molar-refractivity contribution in [2.45, 2.75) is 37.7 Å². The van der Waals surface area contributed by atoms with Crippen molar-refractivity contribution < 1.29 is 0 Å². The van der Waals surface area contributed by atoms with E-state index in [2.05, 4.69) is 54.0 Å². The van der Waals surface area contributed by atoms with Crippen molar-refractivity contribution in [2.75, 3.05) is 0 Å². The third kappa shape index (κ3) is 3.73. The SMILES string of the molecule is CCCn1c(SCc2cccc(C)c2)nc2ccc(Br)cc2c1=O. The Morgan fingerprint density at radius 3 is 2.79 bits per heavy atom. The molecule has 0 aliphatic rings. The molecule has 3 nitrogen and oxygen atoms in total. The fourth-order valence-corrected chi connectivity index (χ4v) is 3.98. The van der Waals surface area contributed by atoms with Crippen LogP contribution in [0.3, 0.4) is 0 Å². The molecule has 3 rings (SSSR count). The monoisotopic (exact) mass is 402 g/mol. The molecule has 5 heteroatoms. The van der Waals surface area contributed by atoms with Crippen LogP contribution in [0.2, 0.25) is 0 Å². The Morgan fingerprint density at radius 2 is 2.04 bits per heavy atom. The van der Waals surface area contributed by atoms with Crippen LogP contribution in [-0.4, -0.2) is 9.55 Å². The Bertz CT molecular complexity index is 936. The largest absolute Gasteiger partial charge is 0.287 e. The molecule has 0 saturated heterocycles. The number of fused-ring (bicyclic) bond motifs is 1. The average molecular weight is 403 g/mol. The predicted molar refractivity (Wildman–Crippen MR) is 105 cm³/mol. The number of nitrogens with zero attached hydrogens (tertiary/aromatic N) is 2. The van der Waals surface area contributed by atoms with Crippen molar-refractivity contribution in [2.24, 2.45) is 0 Å². The van der Waals surface area contributed by atoms with Crippen LogP contribution in [0.25, 0.3) is 10.9 Å². The molecule has 0 aliphatic heterocycles. The van der Waals surface area contributed by atoms with Crippen molar-refractivity contribution >= 4 is 38.6 Å². The highest BCUT2D eigenvalue weighted by atomic mass is 79.9. The van der Waals surface area contributed by atoms with E-state index in [0.717, 1.165) is 27.3 Å². The maximum atomic E-state index is 12.8. The van der Waals surface area contributed by atoms with Gasteiger partial charge in [-0.1, -0.05) is 64.4 Å². The van der Waals surface area contributed by atoms with Gasteiger partial charge in [0.25, 0.3) is 5.56 Å². The van der Waals surface area contributed by atoms with Crippen molar-refractivity contribution in [3.63, 3.8) is 0 Å². The zero-order valence-electron chi connectivity index (χ0n) is 13.8. The lowest BCUT2D eigenvalue weighted by Crippen LogP contribution is -2.23. The Balaban J connectivity index is 2.00. The van der Waals surface area contributed by atoms with E-state index in [0.29, 0.717) is 11.9 Å². The molecule has 2 aromatic carbocycles. The summed E-state index contributed by atoms with van der Waals surface area (Å²) >= 11 is 5.06. The number of rotatable bonds is 5. The number of thioether (sulfide) groups is 1. The number of hydrogen-bond donors (Lipinski definition) is 0. The maximum Gasteiger partial charge on any atom is 0.262 e. The topological polar surface area (TPSA) is 34.9 Å². The number of benzene rings is 2. The smallest absolute Gasteiger partial charge is 0.262 e. The van der Waals surface area contributed by atoms with Crippen LogP contribution >= 0.6 is 27.7 Å². The highest BCUT2D eigenvalue weighted by molar-refractivity contribution is 9.10. The molecule has 0 aliphatic carbocycles. The second-order valence-corrected chi connectivity index (χ2v) is 7.65. The summed E-state index contributed by atoms with van der Waals surface area (Å²) in [5, 5.41) is 1.45. The predicted octanol–water partition coefficient (Wildman–Crippen LogP) is 5.17. The normalized spacial score (nSPS) is 11.1. The van der Waals surface area contributed by atoms with E-state index in [9.17, 15) is 4.79 Å². The quantitative estimate of drug-likeness (QED) is 0.436. The van der Waals surface area contributed by atoms with Gasteiger partial charge in [-0.15, -0.1) is 0 Å². The zero-order chi connectivity index (χ0) is 17.1. The second-order valence-electron chi connectivity index (χ2n) is 5.79. The van der Waals surface area contributed by atoms with Crippen molar-refractivity contribution in [3.05, 3.63) is 68.4 Å². The minimum Gasteiger partial charge on any atom is -0.287 e. The first-order chi connectivity index (χ1) is 11.6.